The van der Waals surface area contributed by atoms with E-state index in [0.717, 1.165) is 11.3 Å². The van der Waals surface area contributed by atoms with Crippen LogP contribution in [0.1, 0.15) is 12.5 Å². The molecular formula is C15H20N2O3S. The Balaban J connectivity index is 1.86. The molecule has 1 aromatic carbocycles. The summed E-state index contributed by atoms with van der Waals surface area (Å²) in [5.41, 5.74) is 1.04. The van der Waals surface area contributed by atoms with Crippen molar-refractivity contribution in [2.24, 2.45) is 0 Å². The lowest BCUT2D eigenvalue weighted by Gasteiger charge is -2.21. The SMILES string of the molecule is CCOc1ccc(CN(C)C(=O)CN2CSCC2=O)cc1. The highest BCUT2D eigenvalue weighted by Crippen LogP contribution is 2.16. The summed E-state index contributed by atoms with van der Waals surface area (Å²) in [6.45, 7) is 3.28. The first-order valence-corrected chi connectivity index (χ1v) is 8.07. The van der Waals surface area contributed by atoms with Crippen LogP contribution in [0.15, 0.2) is 24.3 Å². The Kier molecular flexibility index (Phi) is 5.50. The van der Waals surface area contributed by atoms with Crippen LogP contribution in [0, 0.1) is 0 Å². The number of likely N-dealkylation sites (N-methyl/N-ethyl adjacent to an activating group) is 1. The minimum absolute atomic E-state index is 0.0419. The third kappa shape index (κ3) is 4.39. The van der Waals surface area contributed by atoms with Crippen LogP contribution in [0.5, 0.6) is 5.75 Å². The Morgan fingerprint density at radius 1 is 1.38 bits per heavy atom. The second kappa shape index (κ2) is 7.36. The smallest absolute Gasteiger partial charge is 0.242 e. The minimum atomic E-state index is -0.0419. The zero-order valence-corrected chi connectivity index (χ0v) is 13.2. The number of hydrogen-bond acceptors (Lipinski definition) is 4. The molecule has 5 nitrogen and oxygen atoms in total. The van der Waals surface area contributed by atoms with Gasteiger partial charge in [-0.15, -0.1) is 11.8 Å². The highest BCUT2D eigenvalue weighted by molar-refractivity contribution is 8.00. The maximum absolute atomic E-state index is 12.1. The van der Waals surface area contributed by atoms with Crippen molar-refractivity contribution in [2.45, 2.75) is 13.5 Å². The fourth-order valence-corrected chi connectivity index (χ4v) is 2.95. The normalized spacial score (nSPS) is 14.4. The average Bonchev–Trinajstić information content (AvgIpc) is 2.86. The van der Waals surface area contributed by atoms with Gasteiger partial charge in [-0.25, -0.2) is 0 Å². The minimum Gasteiger partial charge on any atom is -0.494 e. The number of thioether (sulfide) groups is 1. The molecule has 1 heterocycles. The van der Waals surface area contributed by atoms with Crippen LogP contribution in [0.4, 0.5) is 0 Å². The van der Waals surface area contributed by atoms with Gasteiger partial charge in [-0.1, -0.05) is 12.1 Å². The maximum Gasteiger partial charge on any atom is 0.242 e. The van der Waals surface area contributed by atoms with E-state index in [2.05, 4.69) is 0 Å². The lowest BCUT2D eigenvalue weighted by molar-refractivity contribution is -0.137. The second-order valence-electron chi connectivity index (χ2n) is 4.90. The summed E-state index contributed by atoms with van der Waals surface area (Å²) < 4.78 is 5.39. The number of rotatable bonds is 6. The largest absolute Gasteiger partial charge is 0.494 e. The van der Waals surface area contributed by atoms with Crippen LogP contribution in [-0.2, 0) is 16.1 Å². The molecule has 6 heteroatoms. The molecule has 0 atom stereocenters. The predicted octanol–water partition coefficient (Wildman–Crippen LogP) is 1.58. The molecule has 1 aliphatic heterocycles. The van der Waals surface area contributed by atoms with Gasteiger partial charge in [-0.2, -0.15) is 0 Å². The molecular weight excluding hydrogens is 288 g/mol. The molecule has 1 aromatic rings. The lowest BCUT2D eigenvalue weighted by Crippen LogP contribution is -2.38. The first-order chi connectivity index (χ1) is 10.1. The molecule has 0 unspecified atom stereocenters. The van der Waals surface area contributed by atoms with E-state index in [4.69, 9.17) is 4.74 Å². The molecule has 0 bridgehead atoms. The van der Waals surface area contributed by atoms with Crippen molar-refractivity contribution < 1.29 is 14.3 Å². The fraction of sp³-hybridized carbons (Fsp3) is 0.467. The molecule has 2 amide bonds. The quantitative estimate of drug-likeness (QED) is 0.800. The van der Waals surface area contributed by atoms with Crippen molar-refractivity contribution in [3.63, 3.8) is 0 Å². The van der Waals surface area contributed by atoms with Gasteiger partial charge >= 0.3 is 0 Å². The second-order valence-corrected chi connectivity index (χ2v) is 5.85. The van der Waals surface area contributed by atoms with E-state index in [1.807, 2.05) is 31.2 Å². The summed E-state index contributed by atoms with van der Waals surface area (Å²) in [6.07, 6.45) is 0. The van der Waals surface area contributed by atoms with Gasteiger partial charge in [0, 0.05) is 13.6 Å². The van der Waals surface area contributed by atoms with E-state index < -0.39 is 0 Å². The summed E-state index contributed by atoms with van der Waals surface area (Å²) in [4.78, 5) is 26.9. The summed E-state index contributed by atoms with van der Waals surface area (Å²) in [7, 11) is 1.76. The van der Waals surface area contributed by atoms with Gasteiger partial charge in [-0.05, 0) is 24.6 Å². The van der Waals surface area contributed by atoms with Gasteiger partial charge < -0.3 is 14.5 Å². The van der Waals surface area contributed by atoms with Crippen LogP contribution >= 0.6 is 11.8 Å². The topological polar surface area (TPSA) is 49.9 Å². The standard InChI is InChI=1S/C15H20N2O3S/c1-3-20-13-6-4-12(5-7-13)8-16(2)14(18)9-17-11-21-10-15(17)19/h4-7H,3,8-11H2,1-2H3. The van der Waals surface area contributed by atoms with Crippen molar-refractivity contribution in [3.05, 3.63) is 29.8 Å². The number of ether oxygens (including phenoxy) is 1. The molecule has 0 saturated carbocycles. The molecule has 1 fully saturated rings. The third-order valence-corrected chi connectivity index (χ3v) is 4.18. The highest BCUT2D eigenvalue weighted by atomic mass is 32.2. The van der Waals surface area contributed by atoms with E-state index in [1.54, 1.807) is 28.6 Å². The number of carbonyl (C=O) groups is 2. The Hall–Kier alpha value is -1.69. The van der Waals surface area contributed by atoms with Gasteiger partial charge in [0.25, 0.3) is 0 Å². The maximum atomic E-state index is 12.1. The molecule has 1 saturated heterocycles. The number of amides is 2. The monoisotopic (exact) mass is 308 g/mol. The Morgan fingerprint density at radius 2 is 2.10 bits per heavy atom. The van der Waals surface area contributed by atoms with Crippen LogP contribution in [-0.4, -0.2) is 53.4 Å². The molecule has 0 radical (unpaired) electrons. The lowest BCUT2D eigenvalue weighted by atomic mass is 10.2. The third-order valence-electron chi connectivity index (χ3n) is 3.23. The van der Waals surface area contributed by atoms with Crippen LogP contribution < -0.4 is 4.74 Å². The van der Waals surface area contributed by atoms with Gasteiger partial charge in [0.2, 0.25) is 11.8 Å². The van der Waals surface area contributed by atoms with Crippen molar-refractivity contribution in [3.8, 4) is 5.75 Å². The Morgan fingerprint density at radius 3 is 2.67 bits per heavy atom. The van der Waals surface area contributed by atoms with E-state index in [1.165, 1.54) is 0 Å². The van der Waals surface area contributed by atoms with Gasteiger partial charge in [0.05, 0.1) is 18.2 Å². The Bertz CT molecular complexity index is 504. The fourth-order valence-electron chi connectivity index (χ4n) is 2.04. The summed E-state index contributed by atoms with van der Waals surface area (Å²) in [5.74, 6) is 1.93. The first kappa shape index (κ1) is 15.7. The summed E-state index contributed by atoms with van der Waals surface area (Å²) in [5, 5.41) is 0. The van der Waals surface area contributed by atoms with E-state index >= 15 is 0 Å². The summed E-state index contributed by atoms with van der Waals surface area (Å²) in [6, 6.07) is 7.70. The average molecular weight is 308 g/mol. The van der Waals surface area contributed by atoms with E-state index in [9.17, 15) is 9.59 Å². The van der Waals surface area contributed by atoms with Crippen LogP contribution in [0.2, 0.25) is 0 Å². The van der Waals surface area contributed by atoms with Crippen molar-refractivity contribution in [2.75, 3.05) is 31.8 Å². The molecule has 21 heavy (non-hydrogen) atoms. The van der Waals surface area contributed by atoms with Crippen molar-refractivity contribution >= 4 is 23.6 Å². The molecule has 1 aliphatic rings. The van der Waals surface area contributed by atoms with Gasteiger partial charge in [0.15, 0.2) is 0 Å². The van der Waals surface area contributed by atoms with Crippen molar-refractivity contribution in [1.82, 2.24) is 9.80 Å². The van der Waals surface area contributed by atoms with Gasteiger partial charge in [-0.3, -0.25) is 9.59 Å². The van der Waals surface area contributed by atoms with Crippen LogP contribution in [0.25, 0.3) is 0 Å². The molecule has 0 aliphatic carbocycles. The molecule has 2 rings (SSSR count). The molecule has 0 spiro atoms. The summed E-state index contributed by atoms with van der Waals surface area (Å²) >= 11 is 1.55. The number of carbonyl (C=O) groups excluding carboxylic acids is 2. The molecule has 0 N–H and O–H groups in total. The molecule has 114 valence electrons. The number of benzene rings is 1. The predicted molar refractivity (Wildman–Crippen MR) is 83.1 cm³/mol. The van der Waals surface area contributed by atoms with E-state index in [-0.39, 0.29) is 18.4 Å². The van der Waals surface area contributed by atoms with Gasteiger partial charge in [0.1, 0.15) is 12.3 Å². The van der Waals surface area contributed by atoms with E-state index in [0.29, 0.717) is 24.8 Å². The number of nitrogens with zero attached hydrogens (tertiary/aromatic N) is 2. The molecule has 0 aromatic heterocycles. The zero-order valence-electron chi connectivity index (χ0n) is 12.4. The Labute approximate surface area is 129 Å². The highest BCUT2D eigenvalue weighted by Gasteiger charge is 2.24. The first-order valence-electron chi connectivity index (χ1n) is 6.91. The van der Waals surface area contributed by atoms with Crippen LogP contribution in [0.3, 0.4) is 0 Å². The number of hydrogen-bond donors (Lipinski definition) is 0. The zero-order chi connectivity index (χ0) is 15.2. The van der Waals surface area contributed by atoms with Crippen molar-refractivity contribution in [1.29, 1.82) is 0 Å².